The SMILES string of the molecule is CC[C@@H](O[C@@H]1C=CC(=O)N(c2cc(Cl)ccc2C)N1)C(=O)O. The van der Waals surface area contributed by atoms with Crippen molar-refractivity contribution in [1.82, 2.24) is 5.43 Å². The normalized spacial score (nSPS) is 19.3. The van der Waals surface area contributed by atoms with Gasteiger partial charge in [0.15, 0.2) is 6.10 Å². The molecule has 1 aromatic carbocycles. The van der Waals surface area contributed by atoms with Crippen LogP contribution in [0.1, 0.15) is 18.9 Å². The summed E-state index contributed by atoms with van der Waals surface area (Å²) in [7, 11) is 0. The third-order valence-corrected chi connectivity index (χ3v) is 3.49. The van der Waals surface area contributed by atoms with Gasteiger partial charge in [-0.2, -0.15) is 5.43 Å². The maximum Gasteiger partial charge on any atom is 0.332 e. The lowest BCUT2D eigenvalue weighted by Crippen LogP contribution is -2.53. The molecule has 1 aromatic rings. The Hall–Kier alpha value is -1.89. The number of carboxylic acids is 1. The molecule has 1 aliphatic heterocycles. The number of anilines is 1. The zero-order valence-corrected chi connectivity index (χ0v) is 13.0. The number of rotatable bonds is 5. The Bertz CT molecular complexity index is 618. The van der Waals surface area contributed by atoms with Gasteiger partial charge in [0.25, 0.3) is 5.91 Å². The number of aryl methyl sites for hydroxylation is 1. The molecule has 7 heteroatoms. The molecule has 0 spiro atoms. The van der Waals surface area contributed by atoms with Crippen molar-refractivity contribution in [3.05, 3.63) is 40.9 Å². The molecule has 6 nitrogen and oxygen atoms in total. The quantitative estimate of drug-likeness (QED) is 0.868. The van der Waals surface area contributed by atoms with Crippen LogP contribution in [0.4, 0.5) is 5.69 Å². The standard InChI is InChI=1S/C15H17ClN2O4/c1-3-12(15(20)21)22-13-6-7-14(19)18(17-13)11-8-10(16)5-4-9(11)2/h4-8,12-13,17H,3H2,1-2H3,(H,20,21)/t12-,13-/m1/s1. The maximum atomic E-state index is 12.1. The molecule has 2 N–H and O–H groups in total. The Kier molecular flexibility index (Phi) is 5.18. The van der Waals surface area contributed by atoms with Gasteiger partial charge in [-0.1, -0.05) is 24.6 Å². The van der Waals surface area contributed by atoms with Gasteiger partial charge < -0.3 is 9.84 Å². The third kappa shape index (κ3) is 3.65. The molecule has 0 bridgehead atoms. The van der Waals surface area contributed by atoms with Gasteiger partial charge in [-0.05, 0) is 37.1 Å². The molecule has 1 aliphatic rings. The molecule has 0 aliphatic carbocycles. The number of benzene rings is 1. The first-order chi connectivity index (χ1) is 10.4. The van der Waals surface area contributed by atoms with Crippen LogP contribution in [-0.2, 0) is 14.3 Å². The number of carbonyl (C=O) groups excluding carboxylic acids is 1. The summed E-state index contributed by atoms with van der Waals surface area (Å²) in [5.41, 5.74) is 4.31. The molecule has 22 heavy (non-hydrogen) atoms. The van der Waals surface area contributed by atoms with Crippen molar-refractivity contribution in [2.24, 2.45) is 0 Å². The highest BCUT2D eigenvalue weighted by Crippen LogP contribution is 2.25. The lowest BCUT2D eigenvalue weighted by molar-refractivity contribution is -0.154. The molecule has 0 fully saturated rings. The van der Waals surface area contributed by atoms with E-state index in [-0.39, 0.29) is 5.91 Å². The van der Waals surface area contributed by atoms with Crippen LogP contribution in [0.3, 0.4) is 0 Å². The third-order valence-electron chi connectivity index (χ3n) is 3.26. The van der Waals surface area contributed by atoms with Gasteiger partial charge in [-0.25, -0.2) is 9.80 Å². The highest BCUT2D eigenvalue weighted by atomic mass is 35.5. The summed E-state index contributed by atoms with van der Waals surface area (Å²) >= 11 is 5.98. The maximum absolute atomic E-state index is 12.1. The predicted octanol–water partition coefficient (Wildman–Crippen LogP) is 2.26. The van der Waals surface area contributed by atoms with Crippen molar-refractivity contribution in [3.8, 4) is 0 Å². The van der Waals surface area contributed by atoms with Crippen LogP contribution in [0, 0.1) is 6.92 Å². The average molecular weight is 325 g/mol. The molecule has 2 atom stereocenters. The fourth-order valence-corrected chi connectivity index (χ4v) is 2.24. The molecule has 1 heterocycles. The van der Waals surface area contributed by atoms with Gasteiger partial charge in [0, 0.05) is 11.1 Å². The lowest BCUT2D eigenvalue weighted by atomic mass is 10.2. The Morgan fingerprint density at radius 2 is 2.27 bits per heavy atom. The van der Waals surface area contributed by atoms with Crippen molar-refractivity contribution in [3.63, 3.8) is 0 Å². The van der Waals surface area contributed by atoms with Crippen LogP contribution in [0.15, 0.2) is 30.4 Å². The molecule has 0 aromatic heterocycles. The van der Waals surface area contributed by atoms with Crippen LogP contribution in [-0.4, -0.2) is 29.3 Å². The Balaban J connectivity index is 2.20. The summed E-state index contributed by atoms with van der Waals surface area (Å²) in [6.07, 6.45) is 1.50. The topological polar surface area (TPSA) is 78.9 Å². The number of aliphatic carboxylic acids is 1. The number of hydrogen-bond acceptors (Lipinski definition) is 4. The summed E-state index contributed by atoms with van der Waals surface area (Å²) in [5.74, 6) is -1.33. The zero-order chi connectivity index (χ0) is 16.3. The van der Waals surface area contributed by atoms with Crippen molar-refractivity contribution in [1.29, 1.82) is 0 Å². The van der Waals surface area contributed by atoms with Gasteiger partial charge in [0.05, 0.1) is 5.69 Å². The Labute approximate surface area is 133 Å². The van der Waals surface area contributed by atoms with Gasteiger partial charge in [0.1, 0.15) is 6.23 Å². The smallest absolute Gasteiger partial charge is 0.332 e. The summed E-state index contributed by atoms with van der Waals surface area (Å²) in [5, 5.41) is 10.8. The van der Waals surface area contributed by atoms with Crippen molar-refractivity contribution >= 4 is 29.2 Å². The van der Waals surface area contributed by atoms with Crippen LogP contribution >= 0.6 is 11.6 Å². The molecular weight excluding hydrogens is 308 g/mol. The number of hydrazine groups is 1. The minimum absolute atomic E-state index is 0.284. The van der Waals surface area contributed by atoms with E-state index in [2.05, 4.69) is 5.43 Å². The molecule has 0 unspecified atom stereocenters. The molecule has 0 radical (unpaired) electrons. The minimum atomic E-state index is -1.04. The van der Waals surface area contributed by atoms with E-state index in [9.17, 15) is 9.59 Å². The van der Waals surface area contributed by atoms with E-state index < -0.39 is 18.3 Å². The largest absolute Gasteiger partial charge is 0.479 e. The molecule has 0 saturated heterocycles. The first-order valence-corrected chi connectivity index (χ1v) is 7.23. The second kappa shape index (κ2) is 6.91. The summed E-state index contributed by atoms with van der Waals surface area (Å²) in [4.78, 5) is 23.1. The number of carbonyl (C=O) groups is 2. The number of ether oxygens (including phenoxy) is 1. The van der Waals surface area contributed by atoms with Crippen molar-refractivity contribution in [2.45, 2.75) is 32.6 Å². The number of carboxylic acid groups (broad SMARTS) is 1. The first kappa shape index (κ1) is 16.5. The second-order valence-corrected chi connectivity index (χ2v) is 5.32. The van der Waals surface area contributed by atoms with Crippen LogP contribution in [0.5, 0.6) is 0 Å². The fraction of sp³-hybridized carbons (Fsp3) is 0.333. The molecular formula is C15H17ClN2O4. The number of amides is 1. The first-order valence-electron chi connectivity index (χ1n) is 6.85. The number of halogens is 1. The van der Waals surface area contributed by atoms with Crippen LogP contribution in [0.25, 0.3) is 0 Å². The van der Waals surface area contributed by atoms with E-state index in [1.165, 1.54) is 17.2 Å². The monoisotopic (exact) mass is 324 g/mol. The Morgan fingerprint density at radius 1 is 1.55 bits per heavy atom. The van der Waals surface area contributed by atoms with E-state index >= 15 is 0 Å². The predicted molar refractivity (Wildman–Crippen MR) is 82.5 cm³/mol. The van der Waals surface area contributed by atoms with E-state index in [0.29, 0.717) is 17.1 Å². The van der Waals surface area contributed by atoms with Gasteiger partial charge in [-0.3, -0.25) is 4.79 Å². The molecule has 1 amide bonds. The van der Waals surface area contributed by atoms with E-state index in [4.69, 9.17) is 21.4 Å². The number of hydrogen-bond donors (Lipinski definition) is 2. The minimum Gasteiger partial charge on any atom is -0.479 e. The average Bonchev–Trinajstić information content (AvgIpc) is 2.48. The van der Waals surface area contributed by atoms with Crippen molar-refractivity contribution < 1.29 is 19.4 Å². The second-order valence-electron chi connectivity index (χ2n) is 4.88. The van der Waals surface area contributed by atoms with Crippen LogP contribution < -0.4 is 10.4 Å². The highest BCUT2D eigenvalue weighted by Gasteiger charge is 2.27. The lowest BCUT2D eigenvalue weighted by Gasteiger charge is -2.32. The van der Waals surface area contributed by atoms with Gasteiger partial charge in [-0.15, -0.1) is 0 Å². The summed E-state index contributed by atoms with van der Waals surface area (Å²) in [6, 6.07) is 5.19. The zero-order valence-electron chi connectivity index (χ0n) is 12.2. The Morgan fingerprint density at radius 3 is 2.91 bits per heavy atom. The van der Waals surface area contributed by atoms with E-state index in [0.717, 1.165) is 5.56 Å². The van der Waals surface area contributed by atoms with Crippen LogP contribution in [0.2, 0.25) is 5.02 Å². The summed E-state index contributed by atoms with van der Waals surface area (Å²) < 4.78 is 5.45. The number of nitrogens with one attached hydrogen (secondary N) is 1. The van der Waals surface area contributed by atoms with Crippen molar-refractivity contribution in [2.75, 3.05) is 5.01 Å². The highest BCUT2D eigenvalue weighted by molar-refractivity contribution is 6.31. The fourth-order valence-electron chi connectivity index (χ4n) is 2.07. The molecule has 0 saturated carbocycles. The number of nitrogens with zero attached hydrogens (tertiary/aromatic N) is 1. The molecule has 118 valence electrons. The summed E-state index contributed by atoms with van der Waals surface area (Å²) in [6.45, 7) is 3.57. The van der Waals surface area contributed by atoms with E-state index in [1.807, 2.05) is 6.92 Å². The van der Waals surface area contributed by atoms with E-state index in [1.54, 1.807) is 25.1 Å². The molecule has 2 rings (SSSR count). The van der Waals surface area contributed by atoms with Gasteiger partial charge >= 0.3 is 5.97 Å². The van der Waals surface area contributed by atoms with Gasteiger partial charge in [0.2, 0.25) is 0 Å².